The van der Waals surface area contributed by atoms with Crippen molar-refractivity contribution in [1.82, 2.24) is 14.6 Å². The molecule has 1 N–H and O–H groups in total. The average Bonchev–Trinajstić information content (AvgIpc) is 3.82. The summed E-state index contributed by atoms with van der Waals surface area (Å²) >= 11 is 0. The second kappa shape index (κ2) is 13.1. The quantitative estimate of drug-likeness (QED) is 0.333. The number of carbonyl (C=O) groups is 1. The lowest BCUT2D eigenvalue weighted by atomic mass is 9.97. The zero-order valence-electron chi connectivity index (χ0n) is 23.3. The molecule has 0 atom stereocenters. The Bertz CT molecular complexity index is 1310. The fraction of sp³-hybridized carbons (Fsp3) is 0.586. The van der Waals surface area contributed by atoms with Gasteiger partial charge in [-0.1, -0.05) is 26.7 Å². The summed E-state index contributed by atoms with van der Waals surface area (Å²) in [6.45, 7) is 6.11. The van der Waals surface area contributed by atoms with Gasteiger partial charge in [0.2, 0.25) is 15.9 Å². The lowest BCUT2D eigenvalue weighted by Crippen LogP contribution is -2.38. The van der Waals surface area contributed by atoms with Gasteiger partial charge in [-0.25, -0.2) is 22.5 Å². The summed E-state index contributed by atoms with van der Waals surface area (Å²) in [6.07, 6.45) is 2.86. The fourth-order valence-electron chi connectivity index (χ4n) is 4.58. The molecular formula is C29H39F4N3O4S. The van der Waals surface area contributed by atoms with Gasteiger partial charge in [-0.2, -0.15) is 13.2 Å². The highest BCUT2D eigenvalue weighted by Crippen LogP contribution is 2.43. The molecule has 7 nitrogen and oxygen atoms in total. The molecular weight excluding hydrogens is 562 g/mol. The number of aromatic nitrogens is 1. The minimum Gasteiger partial charge on any atom is -0.474 e. The maximum absolute atomic E-state index is 14.9. The van der Waals surface area contributed by atoms with Crippen LogP contribution in [0.1, 0.15) is 99.6 Å². The van der Waals surface area contributed by atoms with Crippen molar-refractivity contribution in [3.63, 3.8) is 0 Å². The van der Waals surface area contributed by atoms with Gasteiger partial charge >= 0.3 is 6.18 Å². The summed E-state index contributed by atoms with van der Waals surface area (Å²) in [6, 6.07) is 4.98. The van der Waals surface area contributed by atoms with Crippen molar-refractivity contribution in [2.24, 2.45) is 0 Å². The monoisotopic (exact) mass is 601 g/mol. The van der Waals surface area contributed by atoms with Crippen molar-refractivity contribution < 1.29 is 36.9 Å². The first-order valence-electron chi connectivity index (χ1n) is 14.2. The number of ether oxygens (including phenoxy) is 1. The number of pyridine rings is 1. The molecule has 2 aliphatic carbocycles. The molecule has 0 spiro atoms. The number of hydrogen-bond donors (Lipinski definition) is 1. The first kappa shape index (κ1) is 31.2. The number of hydrogen-bond acceptors (Lipinski definition) is 6. The molecule has 2 saturated carbocycles. The molecule has 3 aliphatic rings. The molecule has 2 aromatic rings. The van der Waals surface area contributed by atoms with Crippen molar-refractivity contribution in [2.75, 3.05) is 13.1 Å². The van der Waals surface area contributed by atoms with Crippen molar-refractivity contribution >= 4 is 15.9 Å². The summed E-state index contributed by atoms with van der Waals surface area (Å²) < 4.78 is 85.1. The third-order valence-electron chi connectivity index (χ3n) is 7.47. The molecule has 228 valence electrons. The van der Waals surface area contributed by atoms with E-state index in [0.717, 1.165) is 36.2 Å². The Morgan fingerprint density at radius 2 is 1.73 bits per heavy atom. The molecule has 12 heteroatoms. The van der Waals surface area contributed by atoms with Gasteiger partial charge in [0.25, 0.3) is 5.91 Å². The fourth-order valence-corrected chi connectivity index (χ4v) is 5.87. The Morgan fingerprint density at radius 3 is 2.24 bits per heavy atom. The molecule has 1 amide bonds. The van der Waals surface area contributed by atoms with Crippen LogP contribution < -0.4 is 9.46 Å². The van der Waals surface area contributed by atoms with Crippen LogP contribution in [0.3, 0.4) is 0 Å². The second-order valence-corrected chi connectivity index (χ2v) is 12.9. The van der Waals surface area contributed by atoms with E-state index in [-0.39, 0.29) is 24.9 Å². The molecule has 1 saturated heterocycles. The number of nitrogens with one attached hydrogen (secondary N) is 1. The van der Waals surface area contributed by atoms with E-state index >= 15 is 0 Å². The number of amides is 1. The predicted molar refractivity (Wildman–Crippen MR) is 149 cm³/mol. The summed E-state index contributed by atoms with van der Waals surface area (Å²) in [5.74, 6) is -1.34. The molecule has 5 rings (SSSR count). The van der Waals surface area contributed by atoms with E-state index in [1.54, 1.807) is 0 Å². The van der Waals surface area contributed by atoms with Crippen LogP contribution in [0.15, 0.2) is 30.5 Å². The first-order chi connectivity index (χ1) is 19.4. The summed E-state index contributed by atoms with van der Waals surface area (Å²) in [7, 11) is -3.78. The number of halogens is 4. The molecule has 2 heterocycles. The van der Waals surface area contributed by atoms with Crippen molar-refractivity contribution in [3.8, 4) is 5.88 Å². The lowest BCUT2D eigenvalue weighted by molar-refractivity contribution is -0.137. The van der Waals surface area contributed by atoms with Crippen LogP contribution in [0.5, 0.6) is 5.88 Å². The maximum Gasteiger partial charge on any atom is 0.417 e. The standard InChI is InChI=1S/C25H27F4N3O4S.C4H10.H2/c26-22-11-16(20(15-1-2-15)12-21(22)24(33)31-37(34,35)19-4-5-19)14-32-9-7-18(8-10-32)36-23-6-3-17(13-30-23)25(27,28)29;1-3-4-2;/h3,6,11-13,15,18-19H,1-2,4-5,7-10,14H2,(H,31,33);3-4H2,1-2H3;1H. The molecule has 41 heavy (non-hydrogen) atoms. The van der Waals surface area contributed by atoms with Crippen molar-refractivity contribution in [3.05, 3.63) is 58.5 Å². The van der Waals surface area contributed by atoms with Crippen LogP contribution in [-0.4, -0.2) is 48.7 Å². The van der Waals surface area contributed by atoms with Crippen LogP contribution >= 0.6 is 0 Å². The van der Waals surface area contributed by atoms with Gasteiger partial charge in [-0.3, -0.25) is 9.69 Å². The number of benzene rings is 1. The topological polar surface area (TPSA) is 88.6 Å². The number of likely N-dealkylation sites (tertiary alicyclic amines) is 1. The van der Waals surface area contributed by atoms with E-state index < -0.39 is 38.7 Å². The molecule has 0 radical (unpaired) electrons. The first-order valence-corrected chi connectivity index (χ1v) is 15.8. The van der Waals surface area contributed by atoms with Gasteiger partial charge in [0.05, 0.1) is 16.4 Å². The van der Waals surface area contributed by atoms with Crippen LogP contribution in [0, 0.1) is 5.82 Å². The van der Waals surface area contributed by atoms with Gasteiger partial charge < -0.3 is 4.74 Å². The molecule has 0 bridgehead atoms. The minimum absolute atomic E-state index is 0. The Kier molecular flexibility index (Phi) is 9.94. The van der Waals surface area contributed by atoms with Gasteiger partial charge in [-0.05, 0) is 73.8 Å². The van der Waals surface area contributed by atoms with Gasteiger partial charge in [0.15, 0.2) is 0 Å². The van der Waals surface area contributed by atoms with E-state index in [4.69, 9.17) is 4.74 Å². The number of nitrogens with zero attached hydrogens (tertiary/aromatic N) is 2. The molecule has 0 unspecified atom stereocenters. The zero-order valence-corrected chi connectivity index (χ0v) is 24.2. The van der Waals surface area contributed by atoms with E-state index in [0.29, 0.717) is 45.3 Å². The van der Waals surface area contributed by atoms with Crippen LogP contribution in [0.25, 0.3) is 0 Å². The van der Waals surface area contributed by atoms with Gasteiger partial charge in [0, 0.05) is 33.3 Å². The zero-order chi connectivity index (χ0) is 29.8. The molecule has 3 fully saturated rings. The van der Waals surface area contributed by atoms with Crippen LogP contribution in [0.2, 0.25) is 0 Å². The summed E-state index contributed by atoms with van der Waals surface area (Å²) in [5, 5.41) is -0.580. The second-order valence-electron chi connectivity index (χ2n) is 11.0. The Morgan fingerprint density at radius 1 is 1.07 bits per heavy atom. The lowest BCUT2D eigenvalue weighted by Gasteiger charge is -2.32. The average molecular weight is 602 g/mol. The van der Waals surface area contributed by atoms with Crippen LogP contribution in [0.4, 0.5) is 17.6 Å². The van der Waals surface area contributed by atoms with Crippen LogP contribution in [-0.2, 0) is 22.7 Å². The Hall–Kier alpha value is -2.73. The highest BCUT2D eigenvalue weighted by molar-refractivity contribution is 7.91. The number of alkyl halides is 3. The largest absolute Gasteiger partial charge is 0.474 e. The molecule has 1 aromatic carbocycles. The number of unbranched alkanes of at least 4 members (excludes halogenated alkanes) is 1. The third-order valence-corrected chi connectivity index (χ3v) is 9.29. The highest BCUT2D eigenvalue weighted by atomic mass is 32.2. The van der Waals surface area contributed by atoms with E-state index in [1.165, 1.54) is 31.0 Å². The maximum atomic E-state index is 14.9. The van der Waals surface area contributed by atoms with E-state index in [1.807, 2.05) is 4.72 Å². The summed E-state index contributed by atoms with van der Waals surface area (Å²) in [4.78, 5) is 18.4. The Balaban J connectivity index is 0.000000911. The SMILES string of the molecule is CCCC.O=C(NS(=O)(=O)C1CC1)c1cc(C2CC2)c(CN2CCC(Oc3ccc(C(F)(F)F)cn3)CC2)cc1F.[HH]. The number of sulfonamides is 1. The number of carbonyl (C=O) groups excluding carboxylic acids is 1. The summed E-state index contributed by atoms with van der Waals surface area (Å²) in [5.41, 5.74) is 0.542. The smallest absolute Gasteiger partial charge is 0.417 e. The van der Waals surface area contributed by atoms with E-state index in [2.05, 4.69) is 23.7 Å². The molecule has 1 aromatic heterocycles. The number of rotatable bonds is 9. The Labute approximate surface area is 240 Å². The van der Waals surface area contributed by atoms with Crippen molar-refractivity contribution in [1.29, 1.82) is 0 Å². The predicted octanol–water partition coefficient (Wildman–Crippen LogP) is 6.43. The number of piperidine rings is 1. The normalized spacial score (nSPS) is 18.4. The van der Waals surface area contributed by atoms with Crippen molar-refractivity contribution in [2.45, 2.75) is 95.2 Å². The van der Waals surface area contributed by atoms with Gasteiger partial charge in [-0.15, -0.1) is 0 Å². The highest BCUT2D eigenvalue weighted by Gasteiger charge is 2.38. The van der Waals surface area contributed by atoms with E-state index in [9.17, 15) is 30.8 Å². The third kappa shape index (κ3) is 8.64. The van der Waals surface area contributed by atoms with Gasteiger partial charge in [0.1, 0.15) is 11.9 Å². The minimum atomic E-state index is -4.45. The molecule has 1 aliphatic heterocycles.